The molecule has 0 spiro atoms. The zero-order valence-corrected chi connectivity index (χ0v) is 19.4. The number of nitrogens with zero attached hydrogens (tertiary/aromatic N) is 2. The number of esters is 1. The summed E-state index contributed by atoms with van der Waals surface area (Å²) in [7, 11) is 3.32. The van der Waals surface area contributed by atoms with Crippen molar-refractivity contribution in [3.63, 3.8) is 0 Å². The zero-order chi connectivity index (χ0) is 22.4. The van der Waals surface area contributed by atoms with Crippen molar-refractivity contribution in [3.05, 3.63) is 23.8 Å². The SMILES string of the molecule is C/C=C\C(=C/C(C)N=C(CCCC)N(C)CCNC(=O)OC(C)(C)C)C(=O)OC. The monoisotopic (exact) mass is 409 g/mol. The van der Waals surface area contributed by atoms with E-state index in [4.69, 9.17) is 14.5 Å². The van der Waals surface area contributed by atoms with Gasteiger partial charge in [0, 0.05) is 26.6 Å². The Kier molecular flexibility index (Phi) is 12.7. The van der Waals surface area contributed by atoms with Gasteiger partial charge in [0.1, 0.15) is 5.60 Å². The van der Waals surface area contributed by atoms with Gasteiger partial charge in [-0.25, -0.2) is 9.59 Å². The molecule has 0 heterocycles. The number of allylic oxidation sites excluding steroid dienone is 1. The summed E-state index contributed by atoms with van der Waals surface area (Å²) in [6, 6.07) is -0.187. The number of hydrogen-bond acceptors (Lipinski definition) is 5. The molecule has 1 atom stereocenters. The van der Waals surface area contributed by atoms with E-state index in [1.54, 1.807) is 18.2 Å². The molecule has 166 valence electrons. The number of aliphatic imine (C=N–C) groups is 1. The lowest BCUT2D eigenvalue weighted by atomic mass is 10.1. The summed E-state index contributed by atoms with van der Waals surface area (Å²) in [6.07, 6.45) is 7.78. The summed E-state index contributed by atoms with van der Waals surface area (Å²) in [5, 5.41) is 2.77. The van der Waals surface area contributed by atoms with Gasteiger partial charge in [0.25, 0.3) is 0 Å². The van der Waals surface area contributed by atoms with Crippen LogP contribution in [0.15, 0.2) is 28.8 Å². The van der Waals surface area contributed by atoms with E-state index >= 15 is 0 Å². The van der Waals surface area contributed by atoms with Crippen molar-refractivity contribution in [2.75, 3.05) is 27.2 Å². The van der Waals surface area contributed by atoms with Crippen molar-refractivity contribution in [2.45, 2.75) is 72.4 Å². The van der Waals surface area contributed by atoms with Gasteiger partial charge in [-0.05, 0) is 47.1 Å². The second-order valence-corrected chi connectivity index (χ2v) is 7.85. The number of carbonyl (C=O) groups excluding carboxylic acids is 2. The molecule has 0 rings (SSSR count). The van der Waals surface area contributed by atoms with Crippen molar-refractivity contribution in [3.8, 4) is 0 Å². The summed E-state index contributed by atoms with van der Waals surface area (Å²) in [5.74, 6) is 0.557. The maximum absolute atomic E-state index is 11.9. The van der Waals surface area contributed by atoms with E-state index in [2.05, 4.69) is 12.2 Å². The number of nitrogens with one attached hydrogen (secondary N) is 1. The fraction of sp³-hybridized carbons (Fsp3) is 0.682. The van der Waals surface area contributed by atoms with Gasteiger partial charge < -0.3 is 19.7 Å². The quantitative estimate of drug-likeness (QED) is 0.193. The van der Waals surface area contributed by atoms with E-state index < -0.39 is 11.7 Å². The average Bonchev–Trinajstić information content (AvgIpc) is 2.62. The molecule has 0 aliphatic heterocycles. The molecule has 0 saturated carbocycles. The van der Waals surface area contributed by atoms with Gasteiger partial charge in [-0.1, -0.05) is 25.5 Å². The molecule has 1 amide bonds. The number of rotatable bonds is 10. The third-order valence-corrected chi connectivity index (χ3v) is 3.85. The molecule has 1 N–H and O–H groups in total. The van der Waals surface area contributed by atoms with E-state index in [-0.39, 0.29) is 12.0 Å². The molecule has 0 saturated heterocycles. The second kappa shape index (κ2) is 13.8. The first-order valence-corrected chi connectivity index (χ1v) is 10.2. The lowest BCUT2D eigenvalue weighted by Crippen LogP contribution is -2.39. The van der Waals surface area contributed by atoms with E-state index in [0.29, 0.717) is 18.7 Å². The number of amides is 1. The van der Waals surface area contributed by atoms with Gasteiger partial charge in [0.15, 0.2) is 0 Å². The van der Waals surface area contributed by atoms with Gasteiger partial charge in [-0.15, -0.1) is 0 Å². The Labute approximate surface area is 176 Å². The Bertz CT molecular complexity index is 604. The van der Waals surface area contributed by atoms with Crippen LogP contribution in [0.1, 0.15) is 60.8 Å². The van der Waals surface area contributed by atoms with Crippen LogP contribution in [-0.4, -0.2) is 61.7 Å². The third-order valence-electron chi connectivity index (χ3n) is 3.85. The number of ether oxygens (including phenoxy) is 2. The minimum absolute atomic E-state index is 0.187. The van der Waals surface area contributed by atoms with Crippen molar-refractivity contribution < 1.29 is 19.1 Å². The summed E-state index contributed by atoms with van der Waals surface area (Å²) >= 11 is 0. The molecule has 29 heavy (non-hydrogen) atoms. The standard InChI is InChI=1S/C22H39N3O4/c1-9-11-13-19(24-17(3)16-18(12-10-2)20(26)28-8)25(7)15-14-23-21(27)29-22(4,5)6/h10,12,16-17H,9,11,13-15H2,1-8H3,(H,23,27)/b12-10-,18-16+,24-19?. The summed E-state index contributed by atoms with van der Waals surface area (Å²) < 4.78 is 10.1. The minimum Gasteiger partial charge on any atom is -0.465 e. The highest BCUT2D eigenvalue weighted by Crippen LogP contribution is 2.09. The molecule has 0 fully saturated rings. The van der Waals surface area contributed by atoms with Crippen LogP contribution in [0.2, 0.25) is 0 Å². The van der Waals surface area contributed by atoms with Crippen molar-refractivity contribution in [2.24, 2.45) is 4.99 Å². The van der Waals surface area contributed by atoms with Crippen LogP contribution in [0.3, 0.4) is 0 Å². The molecule has 0 radical (unpaired) electrons. The predicted molar refractivity (Wildman–Crippen MR) is 118 cm³/mol. The predicted octanol–water partition coefficient (Wildman–Crippen LogP) is 4.10. The molecule has 0 aromatic carbocycles. The molecule has 7 heteroatoms. The number of likely N-dealkylation sites (N-methyl/N-ethyl adjacent to an activating group) is 1. The van der Waals surface area contributed by atoms with E-state index in [1.165, 1.54) is 7.11 Å². The molecular formula is C22H39N3O4. The van der Waals surface area contributed by atoms with Gasteiger partial charge in [-0.2, -0.15) is 0 Å². The molecule has 0 aliphatic rings. The first-order chi connectivity index (χ1) is 13.5. The molecule has 0 aromatic rings. The third kappa shape index (κ3) is 12.7. The second-order valence-electron chi connectivity index (χ2n) is 7.85. The highest BCUT2D eigenvalue weighted by Gasteiger charge is 2.16. The van der Waals surface area contributed by atoms with Crippen LogP contribution in [-0.2, 0) is 14.3 Å². The molecule has 0 bridgehead atoms. The highest BCUT2D eigenvalue weighted by atomic mass is 16.6. The summed E-state index contributed by atoms with van der Waals surface area (Å²) in [5.41, 5.74) is -0.0363. The molecular weight excluding hydrogens is 370 g/mol. The number of unbranched alkanes of at least 4 members (excludes halogenated alkanes) is 1. The first-order valence-electron chi connectivity index (χ1n) is 10.2. The van der Waals surface area contributed by atoms with Crippen LogP contribution < -0.4 is 5.32 Å². The van der Waals surface area contributed by atoms with Gasteiger partial charge in [-0.3, -0.25) is 4.99 Å². The minimum atomic E-state index is -0.518. The van der Waals surface area contributed by atoms with Crippen molar-refractivity contribution >= 4 is 17.9 Å². The summed E-state index contributed by atoms with van der Waals surface area (Å²) in [4.78, 5) is 30.5. The Morgan fingerprint density at radius 1 is 1.28 bits per heavy atom. The normalized spacial score (nSPS) is 13.9. The van der Waals surface area contributed by atoms with Gasteiger partial charge >= 0.3 is 12.1 Å². The highest BCUT2D eigenvalue weighted by molar-refractivity contribution is 5.91. The smallest absolute Gasteiger partial charge is 0.407 e. The van der Waals surface area contributed by atoms with E-state index in [9.17, 15) is 9.59 Å². The number of amidine groups is 1. The lowest BCUT2D eigenvalue weighted by molar-refractivity contribution is -0.135. The van der Waals surface area contributed by atoms with E-state index in [1.807, 2.05) is 46.6 Å². The topological polar surface area (TPSA) is 80.2 Å². The molecule has 1 unspecified atom stereocenters. The summed E-state index contributed by atoms with van der Waals surface area (Å²) in [6.45, 7) is 12.5. The van der Waals surface area contributed by atoms with Crippen LogP contribution in [0.25, 0.3) is 0 Å². The largest absolute Gasteiger partial charge is 0.465 e. The number of methoxy groups -OCH3 is 1. The van der Waals surface area contributed by atoms with Crippen LogP contribution in [0.5, 0.6) is 0 Å². The Balaban J connectivity index is 5.11. The maximum Gasteiger partial charge on any atom is 0.407 e. The maximum atomic E-state index is 11.9. The average molecular weight is 410 g/mol. The lowest BCUT2D eigenvalue weighted by Gasteiger charge is -2.24. The fourth-order valence-corrected chi connectivity index (χ4v) is 2.48. The first kappa shape index (κ1) is 26.7. The molecule has 7 nitrogen and oxygen atoms in total. The van der Waals surface area contributed by atoms with Crippen molar-refractivity contribution in [1.29, 1.82) is 0 Å². The molecule has 0 aromatic heterocycles. The van der Waals surface area contributed by atoms with Crippen molar-refractivity contribution in [1.82, 2.24) is 10.2 Å². The molecule has 0 aliphatic carbocycles. The Hall–Kier alpha value is -2.31. The van der Waals surface area contributed by atoms with Gasteiger partial charge in [0.2, 0.25) is 0 Å². The Morgan fingerprint density at radius 3 is 2.45 bits per heavy atom. The van der Waals surface area contributed by atoms with Crippen LogP contribution >= 0.6 is 0 Å². The van der Waals surface area contributed by atoms with Crippen LogP contribution in [0.4, 0.5) is 4.79 Å². The van der Waals surface area contributed by atoms with Gasteiger partial charge in [0.05, 0.1) is 24.6 Å². The Morgan fingerprint density at radius 2 is 1.93 bits per heavy atom. The fourth-order valence-electron chi connectivity index (χ4n) is 2.48. The number of hydrogen-bond donors (Lipinski definition) is 1. The van der Waals surface area contributed by atoms with E-state index in [0.717, 1.165) is 25.1 Å². The number of carbonyl (C=O) groups is 2. The van der Waals surface area contributed by atoms with Crippen LogP contribution in [0, 0.1) is 0 Å². The zero-order valence-electron chi connectivity index (χ0n) is 19.4. The number of alkyl carbamates (subject to hydrolysis) is 1.